The molecule has 0 aliphatic heterocycles. The van der Waals surface area contributed by atoms with Crippen molar-refractivity contribution in [1.29, 1.82) is 0 Å². The minimum absolute atomic E-state index is 0. The molecule has 0 fully saturated rings. The molecule has 0 aromatic rings. The van der Waals surface area contributed by atoms with Crippen molar-refractivity contribution >= 4 is 0 Å². The van der Waals surface area contributed by atoms with Gasteiger partial charge >= 0.3 is 0 Å². The first-order chi connectivity index (χ1) is 8.64. The van der Waals surface area contributed by atoms with Crippen LogP contribution in [0.2, 0.25) is 0 Å². The molecular formula is C17H40ClNO. The minimum Gasteiger partial charge on any atom is -1.00 e. The van der Waals surface area contributed by atoms with Gasteiger partial charge in [0.25, 0.3) is 0 Å². The van der Waals surface area contributed by atoms with E-state index in [0.717, 1.165) is 5.92 Å². The van der Waals surface area contributed by atoms with Gasteiger partial charge in [-0.05, 0) is 25.7 Å². The van der Waals surface area contributed by atoms with E-state index in [4.69, 9.17) is 5.73 Å². The Morgan fingerprint density at radius 1 is 0.750 bits per heavy atom. The van der Waals surface area contributed by atoms with E-state index in [1.807, 2.05) is 0 Å². The lowest BCUT2D eigenvalue weighted by Gasteiger charge is -2.35. The van der Waals surface area contributed by atoms with E-state index in [0.29, 0.717) is 5.54 Å². The zero-order valence-corrected chi connectivity index (χ0v) is 15.2. The van der Waals surface area contributed by atoms with Crippen LogP contribution in [-0.2, 0) is 0 Å². The summed E-state index contributed by atoms with van der Waals surface area (Å²) in [5.41, 5.74) is 5.09. The fourth-order valence-corrected chi connectivity index (χ4v) is 3.15. The van der Waals surface area contributed by atoms with Gasteiger partial charge in [0.15, 0.2) is 0 Å². The standard InChI is InChI=1S/C17H37N.ClH.H2O/c1-5-9-13-16(12-8-4)17(18,14-10-6-2)15-11-7-3;;/h16H,5-15,18H2,1-4H3;1H;1H2. The molecule has 0 radical (unpaired) electrons. The van der Waals surface area contributed by atoms with E-state index in [9.17, 15) is 0 Å². The molecule has 126 valence electrons. The fourth-order valence-electron chi connectivity index (χ4n) is 3.15. The number of quaternary nitrogens is 1. The summed E-state index contributed by atoms with van der Waals surface area (Å²) in [4.78, 5) is 0. The lowest BCUT2D eigenvalue weighted by atomic mass is 9.73. The molecule has 0 aliphatic rings. The smallest absolute Gasteiger partial charge is 0.0974 e. The van der Waals surface area contributed by atoms with E-state index in [1.54, 1.807) is 0 Å². The first-order valence-corrected chi connectivity index (χ1v) is 8.49. The monoisotopic (exact) mass is 309 g/mol. The molecule has 0 rings (SSSR count). The second-order valence-electron chi connectivity index (χ2n) is 6.20. The molecule has 20 heavy (non-hydrogen) atoms. The van der Waals surface area contributed by atoms with Gasteiger partial charge in [0.2, 0.25) is 0 Å². The highest BCUT2D eigenvalue weighted by Gasteiger charge is 2.36. The Morgan fingerprint density at radius 3 is 1.55 bits per heavy atom. The van der Waals surface area contributed by atoms with Crippen LogP contribution in [0.15, 0.2) is 0 Å². The molecule has 0 amide bonds. The third-order valence-electron chi connectivity index (χ3n) is 4.47. The number of unbranched alkanes of at least 4 members (excludes halogenated alkanes) is 3. The number of hydrogen-bond acceptors (Lipinski definition) is 0. The number of halogens is 1. The Morgan fingerprint density at radius 2 is 1.20 bits per heavy atom. The van der Waals surface area contributed by atoms with E-state index >= 15 is 0 Å². The van der Waals surface area contributed by atoms with Crippen molar-refractivity contribution in [1.82, 2.24) is 0 Å². The van der Waals surface area contributed by atoms with Crippen LogP contribution >= 0.6 is 0 Å². The number of rotatable bonds is 12. The topological polar surface area (TPSA) is 59.1 Å². The molecule has 0 heterocycles. The van der Waals surface area contributed by atoms with E-state index in [1.165, 1.54) is 70.6 Å². The Bertz CT molecular complexity index is 180. The van der Waals surface area contributed by atoms with Gasteiger partial charge in [-0.15, -0.1) is 0 Å². The van der Waals surface area contributed by atoms with Crippen molar-refractivity contribution in [2.45, 2.75) is 104 Å². The summed E-state index contributed by atoms with van der Waals surface area (Å²) >= 11 is 0. The van der Waals surface area contributed by atoms with E-state index < -0.39 is 0 Å². The first-order valence-electron chi connectivity index (χ1n) is 8.49. The van der Waals surface area contributed by atoms with Crippen LogP contribution in [0.3, 0.4) is 0 Å². The van der Waals surface area contributed by atoms with Crippen LogP contribution in [0.5, 0.6) is 0 Å². The third-order valence-corrected chi connectivity index (χ3v) is 4.47. The molecule has 0 bridgehead atoms. The molecule has 5 N–H and O–H groups in total. The summed E-state index contributed by atoms with van der Waals surface area (Å²) in [6, 6.07) is 0. The molecule has 1 atom stereocenters. The Hall–Kier alpha value is 0.210. The maximum Gasteiger partial charge on any atom is 0.0974 e. The Kier molecular flexibility index (Phi) is 19.6. The second kappa shape index (κ2) is 15.6. The predicted octanol–water partition coefficient (Wildman–Crippen LogP) is 1.13. The molecule has 0 saturated carbocycles. The van der Waals surface area contributed by atoms with Gasteiger partial charge in [-0.25, -0.2) is 0 Å². The Balaban J connectivity index is -0.00000144. The van der Waals surface area contributed by atoms with Crippen LogP contribution in [0.25, 0.3) is 0 Å². The SMILES string of the molecule is CCCCC(CCC)C([NH3+])(CCCC)CCCC.O.[Cl-]. The molecular weight excluding hydrogens is 270 g/mol. The van der Waals surface area contributed by atoms with Crippen LogP contribution in [0.4, 0.5) is 0 Å². The van der Waals surface area contributed by atoms with E-state index in [-0.39, 0.29) is 17.9 Å². The summed E-state index contributed by atoms with van der Waals surface area (Å²) in [7, 11) is 0. The van der Waals surface area contributed by atoms with Crippen molar-refractivity contribution in [3.05, 3.63) is 0 Å². The third kappa shape index (κ3) is 10.0. The molecule has 0 saturated heterocycles. The van der Waals surface area contributed by atoms with Crippen molar-refractivity contribution < 1.29 is 23.6 Å². The lowest BCUT2D eigenvalue weighted by Crippen LogP contribution is -3.00. The maximum absolute atomic E-state index is 4.72. The summed E-state index contributed by atoms with van der Waals surface area (Å²) in [5.74, 6) is 0.862. The van der Waals surface area contributed by atoms with Crippen LogP contribution in [-0.4, -0.2) is 11.0 Å². The van der Waals surface area contributed by atoms with Crippen molar-refractivity contribution in [3.63, 3.8) is 0 Å². The molecule has 0 aromatic heterocycles. The van der Waals surface area contributed by atoms with Crippen molar-refractivity contribution in [3.8, 4) is 0 Å². The molecule has 2 nitrogen and oxygen atoms in total. The largest absolute Gasteiger partial charge is 1.00 e. The van der Waals surface area contributed by atoms with Crippen molar-refractivity contribution in [2.75, 3.05) is 0 Å². The van der Waals surface area contributed by atoms with Gasteiger partial charge in [-0.3, -0.25) is 0 Å². The quantitative estimate of drug-likeness (QED) is 0.562. The highest BCUT2D eigenvalue weighted by molar-refractivity contribution is 4.84. The molecule has 3 heteroatoms. The lowest BCUT2D eigenvalue weighted by molar-refractivity contribution is -0.498. The summed E-state index contributed by atoms with van der Waals surface area (Å²) in [6.07, 6.45) is 14.9. The Labute approximate surface area is 134 Å². The van der Waals surface area contributed by atoms with Gasteiger partial charge in [0, 0.05) is 18.8 Å². The maximum atomic E-state index is 4.72. The first kappa shape index (κ1) is 25.2. The van der Waals surface area contributed by atoms with Gasteiger partial charge < -0.3 is 23.6 Å². The summed E-state index contributed by atoms with van der Waals surface area (Å²) < 4.78 is 0. The zero-order valence-electron chi connectivity index (χ0n) is 14.4. The molecule has 0 aromatic carbocycles. The van der Waals surface area contributed by atoms with Crippen molar-refractivity contribution in [2.24, 2.45) is 5.92 Å². The average molecular weight is 310 g/mol. The normalized spacial score (nSPS) is 12.4. The van der Waals surface area contributed by atoms with Crippen LogP contribution in [0, 0.1) is 5.92 Å². The summed E-state index contributed by atoms with van der Waals surface area (Å²) in [6.45, 7) is 9.26. The molecule has 1 unspecified atom stereocenters. The highest BCUT2D eigenvalue weighted by atomic mass is 35.5. The predicted molar refractivity (Wildman–Crippen MR) is 86.2 cm³/mol. The van der Waals surface area contributed by atoms with Gasteiger partial charge in [0.1, 0.15) is 0 Å². The van der Waals surface area contributed by atoms with Gasteiger partial charge in [0.05, 0.1) is 5.54 Å². The van der Waals surface area contributed by atoms with E-state index in [2.05, 4.69) is 27.7 Å². The van der Waals surface area contributed by atoms with Gasteiger partial charge in [-0.2, -0.15) is 0 Å². The summed E-state index contributed by atoms with van der Waals surface area (Å²) in [5, 5.41) is 0. The minimum atomic E-state index is 0. The molecule has 0 spiro atoms. The highest BCUT2D eigenvalue weighted by Crippen LogP contribution is 2.32. The van der Waals surface area contributed by atoms with Gasteiger partial charge in [-0.1, -0.05) is 59.8 Å². The number of hydrogen-bond donors (Lipinski definition) is 1. The average Bonchev–Trinajstić information content (AvgIpc) is 2.38. The molecule has 0 aliphatic carbocycles. The van der Waals surface area contributed by atoms with Crippen LogP contribution < -0.4 is 18.1 Å². The fraction of sp³-hybridized carbons (Fsp3) is 1.00. The van der Waals surface area contributed by atoms with Crippen LogP contribution in [0.1, 0.15) is 98.3 Å². The second-order valence-corrected chi connectivity index (χ2v) is 6.20. The zero-order chi connectivity index (χ0) is 13.9.